The van der Waals surface area contributed by atoms with Crippen LogP contribution in [0.4, 0.5) is 5.69 Å². The third kappa shape index (κ3) is 4.25. The quantitative estimate of drug-likeness (QED) is 0.586. The summed E-state index contributed by atoms with van der Waals surface area (Å²) in [5.74, 6) is 1.04. The summed E-state index contributed by atoms with van der Waals surface area (Å²) < 4.78 is 12.8. The van der Waals surface area contributed by atoms with E-state index in [2.05, 4.69) is 50.5 Å². The van der Waals surface area contributed by atoms with Crippen molar-refractivity contribution in [1.29, 1.82) is 0 Å². The summed E-state index contributed by atoms with van der Waals surface area (Å²) in [4.78, 5) is 12.4. The molecule has 1 amide bonds. The monoisotopic (exact) mass is 523 g/mol. The summed E-state index contributed by atoms with van der Waals surface area (Å²) in [6.07, 6.45) is 0. The second-order valence-electron chi connectivity index (χ2n) is 4.38. The Balaban J connectivity index is 2.26. The molecule has 2 aromatic rings. The molecule has 0 aliphatic rings. The number of anilines is 1. The molecule has 0 spiro atoms. The van der Waals surface area contributed by atoms with Crippen molar-refractivity contribution in [3.8, 4) is 11.5 Å². The highest BCUT2D eigenvalue weighted by atomic mass is 127. The fourth-order valence-corrected chi connectivity index (χ4v) is 2.99. The van der Waals surface area contributed by atoms with Crippen LogP contribution in [-0.4, -0.2) is 19.6 Å². The topological polar surface area (TPSA) is 47.6 Å². The summed E-state index contributed by atoms with van der Waals surface area (Å²) in [6.45, 7) is 2.45. The van der Waals surface area contributed by atoms with Crippen LogP contribution < -0.4 is 14.8 Å². The van der Waals surface area contributed by atoms with Gasteiger partial charge in [-0.25, -0.2) is 0 Å². The fourth-order valence-electron chi connectivity index (χ4n) is 1.87. The Hall–Kier alpha value is -1.03. The predicted molar refractivity (Wildman–Crippen MR) is 104 cm³/mol. The van der Waals surface area contributed by atoms with Gasteiger partial charge in [0.1, 0.15) is 0 Å². The first-order valence-corrected chi connectivity index (χ1v) is 8.78. The number of rotatable bonds is 5. The van der Waals surface area contributed by atoms with Crippen molar-refractivity contribution in [3.05, 3.63) is 49.1 Å². The van der Waals surface area contributed by atoms with E-state index in [1.54, 1.807) is 19.2 Å². The molecule has 0 aliphatic heterocycles. The average Bonchev–Trinajstić information content (AvgIpc) is 2.51. The molecule has 22 heavy (non-hydrogen) atoms. The second-order valence-corrected chi connectivity index (χ2v) is 6.79. The summed E-state index contributed by atoms with van der Waals surface area (Å²) in [6, 6.07) is 11.1. The lowest BCUT2D eigenvalue weighted by atomic mass is 10.2. The van der Waals surface area contributed by atoms with Crippen LogP contribution in [-0.2, 0) is 0 Å². The third-order valence-electron chi connectivity index (χ3n) is 2.88. The van der Waals surface area contributed by atoms with Gasteiger partial charge in [-0.1, -0.05) is 0 Å². The van der Waals surface area contributed by atoms with Gasteiger partial charge in [-0.05, 0) is 88.5 Å². The maximum Gasteiger partial charge on any atom is 0.255 e. The Labute approximate surface area is 156 Å². The Morgan fingerprint density at radius 2 is 1.86 bits per heavy atom. The molecule has 0 unspecified atom stereocenters. The van der Waals surface area contributed by atoms with Gasteiger partial charge in [0.2, 0.25) is 0 Å². The second kappa shape index (κ2) is 8.00. The van der Waals surface area contributed by atoms with Crippen LogP contribution in [0.15, 0.2) is 36.4 Å². The van der Waals surface area contributed by atoms with Crippen molar-refractivity contribution in [2.45, 2.75) is 6.92 Å². The normalized spacial score (nSPS) is 10.2. The maximum absolute atomic E-state index is 12.4. The molecule has 0 atom stereocenters. The number of methoxy groups -OCH3 is 1. The van der Waals surface area contributed by atoms with Crippen LogP contribution in [0.25, 0.3) is 0 Å². The molecular weight excluding hydrogens is 508 g/mol. The molecule has 1 N–H and O–H groups in total. The van der Waals surface area contributed by atoms with E-state index >= 15 is 0 Å². The third-order valence-corrected chi connectivity index (χ3v) is 4.40. The van der Waals surface area contributed by atoms with E-state index in [0.717, 1.165) is 12.8 Å². The molecule has 0 heterocycles. The summed E-state index contributed by atoms with van der Waals surface area (Å²) in [5, 5.41) is 2.87. The van der Waals surface area contributed by atoms with Gasteiger partial charge in [0, 0.05) is 14.8 Å². The first-order chi connectivity index (χ1) is 10.5. The van der Waals surface area contributed by atoms with Crippen LogP contribution in [0.2, 0.25) is 0 Å². The minimum atomic E-state index is -0.180. The Bertz CT molecular complexity index is 672. The zero-order valence-corrected chi connectivity index (χ0v) is 16.5. The zero-order valence-electron chi connectivity index (χ0n) is 12.2. The Kier molecular flexibility index (Phi) is 6.30. The van der Waals surface area contributed by atoms with E-state index < -0.39 is 0 Å². The van der Waals surface area contributed by atoms with Crippen molar-refractivity contribution in [1.82, 2.24) is 0 Å². The molecule has 2 aromatic carbocycles. The number of amides is 1. The van der Waals surface area contributed by atoms with Crippen LogP contribution >= 0.6 is 45.2 Å². The Morgan fingerprint density at radius 1 is 1.18 bits per heavy atom. The van der Waals surface area contributed by atoms with Crippen LogP contribution in [0.5, 0.6) is 11.5 Å². The van der Waals surface area contributed by atoms with Gasteiger partial charge in [0.05, 0.1) is 17.3 Å². The minimum absolute atomic E-state index is 0.180. The van der Waals surface area contributed by atoms with Crippen molar-refractivity contribution in [2.24, 2.45) is 0 Å². The molecule has 0 fully saturated rings. The highest BCUT2D eigenvalue weighted by molar-refractivity contribution is 14.1. The highest BCUT2D eigenvalue weighted by Gasteiger charge is 2.15. The molecular formula is C16H15I2NO3. The number of halogens is 2. The van der Waals surface area contributed by atoms with Gasteiger partial charge in [0.25, 0.3) is 5.91 Å². The molecule has 0 aliphatic carbocycles. The zero-order chi connectivity index (χ0) is 16.1. The average molecular weight is 523 g/mol. The minimum Gasteiger partial charge on any atom is -0.493 e. The summed E-state index contributed by atoms with van der Waals surface area (Å²) in [5.41, 5.74) is 1.29. The molecule has 2 rings (SSSR count). The van der Waals surface area contributed by atoms with Gasteiger partial charge in [0.15, 0.2) is 11.5 Å². The fraction of sp³-hybridized carbons (Fsp3) is 0.188. The van der Waals surface area contributed by atoms with E-state index in [-0.39, 0.29) is 5.91 Å². The van der Waals surface area contributed by atoms with E-state index in [1.807, 2.05) is 31.2 Å². The summed E-state index contributed by atoms with van der Waals surface area (Å²) >= 11 is 4.36. The molecule has 0 saturated carbocycles. The van der Waals surface area contributed by atoms with Crippen molar-refractivity contribution < 1.29 is 14.3 Å². The van der Waals surface area contributed by atoms with Crippen LogP contribution in [0.1, 0.15) is 17.3 Å². The lowest BCUT2D eigenvalue weighted by molar-refractivity contribution is 0.102. The Morgan fingerprint density at radius 3 is 2.45 bits per heavy atom. The van der Waals surface area contributed by atoms with Crippen molar-refractivity contribution in [2.75, 3.05) is 19.0 Å². The van der Waals surface area contributed by atoms with Gasteiger partial charge >= 0.3 is 0 Å². The van der Waals surface area contributed by atoms with Gasteiger partial charge < -0.3 is 14.8 Å². The lowest BCUT2D eigenvalue weighted by Gasteiger charge is -2.13. The number of benzene rings is 2. The predicted octanol–water partition coefficient (Wildman–Crippen LogP) is 4.56. The number of nitrogens with one attached hydrogen (secondary N) is 1. The van der Waals surface area contributed by atoms with E-state index in [9.17, 15) is 4.79 Å². The molecule has 0 radical (unpaired) electrons. The smallest absolute Gasteiger partial charge is 0.255 e. The lowest BCUT2D eigenvalue weighted by Crippen LogP contribution is -2.12. The standard InChI is InChI=1S/C16H15I2NO3/c1-3-22-15-13(18)8-10(9-14(15)21-2)16(20)19-12-6-4-11(17)5-7-12/h4-9H,3H2,1-2H3,(H,19,20). The van der Waals surface area contributed by atoms with Crippen LogP contribution in [0.3, 0.4) is 0 Å². The first kappa shape index (κ1) is 17.3. The number of hydrogen-bond donors (Lipinski definition) is 1. The first-order valence-electron chi connectivity index (χ1n) is 6.62. The van der Waals surface area contributed by atoms with Gasteiger partial charge in [-0.15, -0.1) is 0 Å². The summed E-state index contributed by atoms with van der Waals surface area (Å²) in [7, 11) is 1.56. The largest absolute Gasteiger partial charge is 0.493 e. The number of hydrogen-bond acceptors (Lipinski definition) is 3. The van der Waals surface area contributed by atoms with Gasteiger partial charge in [-0.2, -0.15) is 0 Å². The van der Waals surface area contributed by atoms with E-state index in [0.29, 0.717) is 23.7 Å². The number of ether oxygens (including phenoxy) is 2. The SMILES string of the molecule is CCOc1c(I)cc(C(=O)Nc2ccc(I)cc2)cc1OC. The van der Waals surface area contributed by atoms with Gasteiger partial charge in [-0.3, -0.25) is 4.79 Å². The van der Waals surface area contributed by atoms with Crippen molar-refractivity contribution in [3.63, 3.8) is 0 Å². The molecule has 4 nitrogen and oxygen atoms in total. The highest BCUT2D eigenvalue weighted by Crippen LogP contribution is 2.34. The van der Waals surface area contributed by atoms with E-state index in [4.69, 9.17) is 9.47 Å². The number of carbonyl (C=O) groups is 1. The van der Waals surface area contributed by atoms with Crippen molar-refractivity contribution >= 4 is 56.8 Å². The molecule has 0 bridgehead atoms. The molecule has 0 aromatic heterocycles. The number of carbonyl (C=O) groups excluding carboxylic acids is 1. The molecule has 0 saturated heterocycles. The molecule has 6 heteroatoms. The van der Waals surface area contributed by atoms with E-state index in [1.165, 1.54) is 0 Å². The maximum atomic E-state index is 12.4. The molecule has 116 valence electrons. The van der Waals surface area contributed by atoms with Crippen LogP contribution in [0, 0.1) is 7.14 Å².